The van der Waals surface area contributed by atoms with Crippen molar-refractivity contribution in [1.82, 2.24) is 9.55 Å². The van der Waals surface area contributed by atoms with E-state index in [2.05, 4.69) is 33.6 Å². The van der Waals surface area contributed by atoms with Gasteiger partial charge < -0.3 is 4.57 Å². The smallest absolute Gasteiger partial charge is 0.155 e. The monoisotopic (exact) mass is 318 g/mol. The molecule has 0 unspecified atom stereocenters. The second-order valence-corrected chi connectivity index (χ2v) is 4.63. The Morgan fingerprint density at radius 3 is 2.86 bits per heavy atom. The summed E-state index contributed by atoms with van der Waals surface area (Å²) in [5.74, 6) is 0.787. The summed E-state index contributed by atoms with van der Waals surface area (Å²) in [5, 5.41) is 0.669. The first kappa shape index (κ1) is 9.98. The van der Waals surface area contributed by atoms with Crippen molar-refractivity contribution in [1.29, 1.82) is 0 Å². The molecule has 0 atom stereocenters. The third kappa shape index (κ3) is 1.79. The van der Waals surface area contributed by atoms with Crippen LogP contribution < -0.4 is 0 Å². The number of halogens is 2. The van der Waals surface area contributed by atoms with E-state index >= 15 is 0 Å². The fourth-order valence-electron chi connectivity index (χ4n) is 1.31. The van der Waals surface area contributed by atoms with Crippen LogP contribution in [0.3, 0.4) is 0 Å². The van der Waals surface area contributed by atoms with Crippen molar-refractivity contribution in [2.24, 2.45) is 0 Å². The summed E-state index contributed by atoms with van der Waals surface area (Å²) in [5.41, 5.74) is 1.13. The molecular formula is C10H8ClIN2. The van der Waals surface area contributed by atoms with Crippen LogP contribution in [0.5, 0.6) is 0 Å². The molecule has 2 aromatic heterocycles. The average Bonchev–Trinajstić information content (AvgIpc) is 2.46. The Labute approximate surface area is 101 Å². The van der Waals surface area contributed by atoms with E-state index in [0.29, 0.717) is 5.02 Å². The number of aryl methyl sites for hydroxylation is 1. The van der Waals surface area contributed by atoms with Gasteiger partial charge in [0.05, 0.1) is 5.02 Å². The predicted molar refractivity (Wildman–Crippen MR) is 66.0 cm³/mol. The molecule has 72 valence electrons. The van der Waals surface area contributed by atoms with Gasteiger partial charge in [-0.25, -0.2) is 4.98 Å². The highest BCUT2D eigenvalue weighted by molar-refractivity contribution is 14.1. The summed E-state index contributed by atoms with van der Waals surface area (Å²) in [4.78, 5) is 4.25. The van der Waals surface area contributed by atoms with Crippen molar-refractivity contribution < 1.29 is 0 Å². The number of pyridine rings is 1. The lowest BCUT2D eigenvalue weighted by molar-refractivity contribution is 0.961. The highest BCUT2D eigenvalue weighted by atomic mass is 127. The molecule has 0 bridgehead atoms. The highest BCUT2D eigenvalue weighted by Crippen LogP contribution is 2.21. The Bertz CT molecular complexity index is 465. The summed E-state index contributed by atoms with van der Waals surface area (Å²) >= 11 is 8.33. The second-order valence-electron chi connectivity index (χ2n) is 2.98. The van der Waals surface area contributed by atoms with Crippen LogP contribution in [0.1, 0.15) is 5.69 Å². The Hall–Kier alpha value is -0.550. The van der Waals surface area contributed by atoms with Gasteiger partial charge in [0, 0.05) is 21.7 Å². The minimum atomic E-state index is 0.669. The van der Waals surface area contributed by atoms with E-state index < -0.39 is 0 Å². The fraction of sp³-hybridized carbons (Fsp3) is 0.100. The number of aromatic nitrogens is 2. The highest BCUT2D eigenvalue weighted by Gasteiger charge is 2.06. The van der Waals surface area contributed by atoms with Crippen molar-refractivity contribution >= 4 is 34.2 Å². The van der Waals surface area contributed by atoms with Crippen LogP contribution in [-0.2, 0) is 0 Å². The Kier molecular flexibility index (Phi) is 2.78. The molecule has 0 spiro atoms. The van der Waals surface area contributed by atoms with Crippen LogP contribution in [0.25, 0.3) is 5.82 Å². The van der Waals surface area contributed by atoms with Gasteiger partial charge in [-0.15, -0.1) is 0 Å². The summed E-state index contributed by atoms with van der Waals surface area (Å²) in [6, 6.07) is 5.76. The van der Waals surface area contributed by atoms with Gasteiger partial charge in [0.15, 0.2) is 5.82 Å². The van der Waals surface area contributed by atoms with E-state index in [1.54, 1.807) is 6.20 Å². The third-order valence-electron chi connectivity index (χ3n) is 1.95. The van der Waals surface area contributed by atoms with Crippen molar-refractivity contribution in [2.45, 2.75) is 6.92 Å². The molecule has 0 saturated carbocycles. The molecular weight excluding hydrogens is 310 g/mol. The molecule has 2 aromatic rings. The van der Waals surface area contributed by atoms with Crippen LogP contribution in [0.15, 0.2) is 30.6 Å². The lowest BCUT2D eigenvalue weighted by Gasteiger charge is -2.05. The Morgan fingerprint density at radius 2 is 2.29 bits per heavy atom. The van der Waals surface area contributed by atoms with Crippen molar-refractivity contribution in [3.8, 4) is 5.82 Å². The van der Waals surface area contributed by atoms with Gasteiger partial charge in [-0.3, -0.25) is 0 Å². The fourth-order valence-corrected chi connectivity index (χ4v) is 2.26. The molecule has 0 N–H and O–H groups in total. The van der Waals surface area contributed by atoms with Gasteiger partial charge in [0.1, 0.15) is 0 Å². The van der Waals surface area contributed by atoms with Crippen LogP contribution in [-0.4, -0.2) is 9.55 Å². The molecule has 4 heteroatoms. The molecule has 2 rings (SSSR count). The summed E-state index contributed by atoms with van der Waals surface area (Å²) in [6.45, 7) is 2.03. The number of rotatable bonds is 1. The Balaban J connectivity index is 2.60. The molecule has 0 aliphatic rings. The predicted octanol–water partition coefficient (Wildman–Crippen LogP) is 3.44. The zero-order chi connectivity index (χ0) is 10.1. The van der Waals surface area contributed by atoms with Crippen LogP contribution in [0, 0.1) is 10.5 Å². The Morgan fingerprint density at radius 1 is 1.50 bits per heavy atom. The normalized spacial score (nSPS) is 10.5. The maximum Gasteiger partial charge on any atom is 0.155 e. The summed E-state index contributed by atoms with van der Waals surface area (Å²) in [7, 11) is 0. The molecule has 0 fully saturated rings. The largest absolute Gasteiger partial charge is 0.304 e. The molecule has 0 aliphatic carbocycles. The number of hydrogen-bond acceptors (Lipinski definition) is 1. The van der Waals surface area contributed by atoms with Crippen LogP contribution in [0.2, 0.25) is 5.02 Å². The quantitative estimate of drug-likeness (QED) is 0.737. The molecule has 0 amide bonds. The lowest BCUT2D eigenvalue weighted by Crippen LogP contribution is -1.97. The van der Waals surface area contributed by atoms with Gasteiger partial charge in [-0.1, -0.05) is 11.6 Å². The summed E-state index contributed by atoms with van der Waals surface area (Å²) < 4.78 is 3.17. The van der Waals surface area contributed by atoms with E-state index in [1.165, 1.54) is 3.57 Å². The van der Waals surface area contributed by atoms with Crippen molar-refractivity contribution in [2.75, 3.05) is 0 Å². The van der Waals surface area contributed by atoms with Gasteiger partial charge in [0.2, 0.25) is 0 Å². The minimum Gasteiger partial charge on any atom is -0.304 e. The van der Waals surface area contributed by atoms with Crippen molar-refractivity contribution in [3.63, 3.8) is 0 Å². The standard InChI is InChI=1S/C10H8ClIN2/c1-7-5-8(12)6-14(7)10-9(11)3-2-4-13-10/h2-6H,1H3. The molecule has 0 aromatic carbocycles. The average molecular weight is 319 g/mol. The number of hydrogen-bond donors (Lipinski definition) is 0. The number of nitrogens with zero attached hydrogens (tertiary/aromatic N) is 2. The van der Waals surface area contributed by atoms with Gasteiger partial charge in [-0.2, -0.15) is 0 Å². The maximum atomic E-state index is 6.05. The topological polar surface area (TPSA) is 17.8 Å². The molecule has 2 nitrogen and oxygen atoms in total. The van der Waals surface area contributed by atoms with E-state index in [9.17, 15) is 0 Å². The molecule has 0 radical (unpaired) electrons. The van der Waals surface area contributed by atoms with Gasteiger partial charge in [0.25, 0.3) is 0 Å². The first-order chi connectivity index (χ1) is 6.68. The van der Waals surface area contributed by atoms with E-state index in [4.69, 9.17) is 11.6 Å². The van der Waals surface area contributed by atoms with Crippen molar-refractivity contribution in [3.05, 3.63) is 44.9 Å². The third-order valence-corrected chi connectivity index (χ3v) is 2.83. The zero-order valence-corrected chi connectivity index (χ0v) is 10.5. The molecule has 0 saturated heterocycles. The minimum absolute atomic E-state index is 0.669. The second kappa shape index (κ2) is 3.90. The van der Waals surface area contributed by atoms with Gasteiger partial charge >= 0.3 is 0 Å². The first-order valence-electron chi connectivity index (χ1n) is 4.14. The maximum absolute atomic E-state index is 6.05. The lowest BCUT2D eigenvalue weighted by atomic mass is 10.4. The molecule has 0 aliphatic heterocycles. The van der Waals surface area contributed by atoms with E-state index in [0.717, 1.165) is 11.5 Å². The summed E-state index contributed by atoms with van der Waals surface area (Å²) in [6.07, 6.45) is 3.76. The van der Waals surface area contributed by atoms with Crippen LogP contribution in [0.4, 0.5) is 0 Å². The first-order valence-corrected chi connectivity index (χ1v) is 5.59. The van der Waals surface area contributed by atoms with Crippen LogP contribution >= 0.6 is 34.2 Å². The molecule has 14 heavy (non-hydrogen) atoms. The van der Waals surface area contributed by atoms with E-state index in [1.807, 2.05) is 29.8 Å². The van der Waals surface area contributed by atoms with Gasteiger partial charge in [-0.05, 0) is 47.7 Å². The molecule has 2 heterocycles. The van der Waals surface area contributed by atoms with E-state index in [-0.39, 0.29) is 0 Å². The SMILES string of the molecule is Cc1cc(I)cn1-c1ncccc1Cl. The zero-order valence-electron chi connectivity index (χ0n) is 7.54.